The van der Waals surface area contributed by atoms with Crippen LogP contribution in [0.25, 0.3) is 11.3 Å². The Morgan fingerprint density at radius 3 is 2.48 bits per heavy atom. The Kier molecular flexibility index (Phi) is 3.08. The topological polar surface area (TPSA) is 43.8 Å². The maximum absolute atomic E-state index is 13.5. The summed E-state index contributed by atoms with van der Waals surface area (Å²) >= 11 is 0. The molecule has 1 aromatic carbocycles. The standard InChI is InChI=1S/C17H22FN3/c1-10-9-12(7-8-13(10)18)14-15(19)21(17(2,3)4)16(20-14)11-5-6-11/h7-9,11H,5-6,19H2,1-4H3. The molecule has 1 saturated carbocycles. The van der Waals surface area contributed by atoms with E-state index >= 15 is 0 Å². The van der Waals surface area contributed by atoms with Crippen LogP contribution in [-0.4, -0.2) is 9.55 Å². The molecule has 0 atom stereocenters. The minimum atomic E-state index is -0.199. The zero-order chi connectivity index (χ0) is 15.4. The van der Waals surface area contributed by atoms with Gasteiger partial charge in [0.05, 0.1) is 0 Å². The Labute approximate surface area is 125 Å². The third kappa shape index (κ3) is 2.43. The largest absolute Gasteiger partial charge is 0.383 e. The van der Waals surface area contributed by atoms with Crippen LogP contribution in [0, 0.1) is 12.7 Å². The molecule has 4 heteroatoms. The predicted octanol–water partition coefficient (Wildman–Crippen LogP) is 4.21. The highest BCUT2D eigenvalue weighted by atomic mass is 19.1. The van der Waals surface area contributed by atoms with E-state index in [1.807, 2.05) is 6.07 Å². The summed E-state index contributed by atoms with van der Waals surface area (Å²) in [5.41, 5.74) is 8.55. The second-order valence-electron chi connectivity index (χ2n) is 6.95. The first kappa shape index (κ1) is 14.1. The zero-order valence-electron chi connectivity index (χ0n) is 13.1. The molecule has 112 valence electrons. The molecule has 21 heavy (non-hydrogen) atoms. The van der Waals surface area contributed by atoms with Crippen molar-refractivity contribution in [3.05, 3.63) is 35.4 Å². The fraction of sp³-hybridized carbons (Fsp3) is 0.471. The number of hydrogen-bond acceptors (Lipinski definition) is 2. The van der Waals surface area contributed by atoms with Crippen LogP contribution in [-0.2, 0) is 5.54 Å². The molecular weight excluding hydrogens is 265 g/mol. The van der Waals surface area contributed by atoms with Gasteiger partial charge in [-0.25, -0.2) is 9.37 Å². The minimum Gasteiger partial charge on any atom is -0.383 e. The Bertz CT molecular complexity index is 691. The fourth-order valence-corrected chi connectivity index (χ4v) is 2.78. The van der Waals surface area contributed by atoms with Gasteiger partial charge in [-0.2, -0.15) is 0 Å². The number of aromatic nitrogens is 2. The van der Waals surface area contributed by atoms with Crippen LogP contribution in [0.5, 0.6) is 0 Å². The number of halogens is 1. The minimum absolute atomic E-state index is 0.109. The molecule has 0 bridgehead atoms. The van der Waals surface area contributed by atoms with Crippen LogP contribution >= 0.6 is 0 Å². The third-order valence-corrected chi connectivity index (χ3v) is 3.98. The van der Waals surface area contributed by atoms with Gasteiger partial charge in [0.1, 0.15) is 23.2 Å². The molecule has 1 heterocycles. The van der Waals surface area contributed by atoms with Crippen LogP contribution in [0.15, 0.2) is 18.2 Å². The number of rotatable bonds is 2. The summed E-state index contributed by atoms with van der Waals surface area (Å²) in [5, 5.41) is 0. The Morgan fingerprint density at radius 1 is 1.29 bits per heavy atom. The van der Waals surface area contributed by atoms with E-state index in [1.165, 1.54) is 18.9 Å². The van der Waals surface area contributed by atoms with Gasteiger partial charge in [-0.1, -0.05) is 0 Å². The van der Waals surface area contributed by atoms with E-state index in [9.17, 15) is 4.39 Å². The monoisotopic (exact) mass is 287 g/mol. The van der Waals surface area contributed by atoms with Gasteiger partial charge in [0.25, 0.3) is 0 Å². The van der Waals surface area contributed by atoms with Crippen molar-refractivity contribution in [3.8, 4) is 11.3 Å². The molecule has 0 amide bonds. The Hall–Kier alpha value is -1.84. The molecule has 1 aliphatic carbocycles. The number of aryl methyl sites for hydroxylation is 1. The summed E-state index contributed by atoms with van der Waals surface area (Å²) in [6.07, 6.45) is 2.35. The molecule has 2 aromatic rings. The van der Waals surface area contributed by atoms with Crippen molar-refractivity contribution in [3.63, 3.8) is 0 Å². The molecule has 1 aliphatic rings. The fourth-order valence-electron chi connectivity index (χ4n) is 2.78. The van der Waals surface area contributed by atoms with Crippen LogP contribution in [0.3, 0.4) is 0 Å². The van der Waals surface area contributed by atoms with Crippen molar-refractivity contribution < 1.29 is 4.39 Å². The summed E-state index contributed by atoms with van der Waals surface area (Å²) in [6, 6.07) is 5.05. The van der Waals surface area contributed by atoms with Crippen LogP contribution in [0.2, 0.25) is 0 Å². The number of hydrogen-bond donors (Lipinski definition) is 1. The van der Waals surface area contributed by atoms with Crippen LogP contribution in [0.1, 0.15) is 50.9 Å². The van der Waals surface area contributed by atoms with Crippen molar-refractivity contribution in [1.82, 2.24) is 9.55 Å². The lowest BCUT2D eigenvalue weighted by Crippen LogP contribution is -2.25. The van der Waals surface area contributed by atoms with E-state index in [0.717, 1.165) is 17.1 Å². The lowest BCUT2D eigenvalue weighted by atomic mass is 10.1. The number of nitrogens with two attached hydrogens (primary N) is 1. The molecule has 0 spiro atoms. The van der Waals surface area contributed by atoms with E-state index in [4.69, 9.17) is 10.7 Å². The molecular formula is C17H22FN3. The normalized spacial score (nSPS) is 15.5. The lowest BCUT2D eigenvalue weighted by Gasteiger charge is -2.25. The SMILES string of the molecule is Cc1cc(-c2nc(C3CC3)n(C(C)(C)C)c2N)ccc1F. The number of nitrogen functional groups attached to an aromatic ring is 1. The first-order valence-electron chi connectivity index (χ1n) is 7.44. The summed E-state index contributed by atoms with van der Waals surface area (Å²) in [4.78, 5) is 4.79. The molecule has 0 radical (unpaired) electrons. The smallest absolute Gasteiger partial charge is 0.132 e. The van der Waals surface area contributed by atoms with Crippen molar-refractivity contribution >= 4 is 5.82 Å². The molecule has 2 N–H and O–H groups in total. The van der Waals surface area contributed by atoms with Gasteiger partial charge in [-0.3, -0.25) is 0 Å². The van der Waals surface area contributed by atoms with Crippen LogP contribution < -0.4 is 5.73 Å². The van der Waals surface area contributed by atoms with Crippen LogP contribution in [0.4, 0.5) is 10.2 Å². The zero-order valence-corrected chi connectivity index (χ0v) is 13.1. The highest BCUT2D eigenvalue weighted by molar-refractivity contribution is 5.72. The van der Waals surface area contributed by atoms with E-state index < -0.39 is 0 Å². The maximum atomic E-state index is 13.5. The first-order chi connectivity index (χ1) is 9.79. The van der Waals surface area contributed by atoms with Gasteiger partial charge in [-0.05, 0) is 64.3 Å². The van der Waals surface area contributed by atoms with Gasteiger partial charge in [0.15, 0.2) is 0 Å². The number of benzene rings is 1. The van der Waals surface area contributed by atoms with Crippen molar-refractivity contribution in [2.24, 2.45) is 0 Å². The Balaban J connectivity index is 2.17. The average molecular weight is 287 g/mol. The quantitative estimate of drug-likeness (QED) is 0.899. The second-order valence-corrected chi connectivity index (χ2v) is 6.95. The number of imidazole rings is 1. The van der Waals surface area contributed by atoms with Gasteiger partial charge in [0, 0.05) is 17.0 Å². The first-order valence-corrected chi connectivity index (χ1v) is 7.44. The Morgan fingerprint density at radius 2 is 1.95 bits per heavy atom. The van der Waals surface area contributed by atoms with Crippen molar-refractivity contribution in [2.75, 3.05) is 5.73 Å². The molecule has 0 unspecified atom stereocenters. The lowest BCUT2D eigenvalue weighted by molar-refractivity contribution is 0.388. The van der Waals surface area contributed by atoms with E-state index in [0.29, 0.717) is 17.3 Å². The van der Waals surface area contributed by atoms with Crippen molar-refractivity contribution in [2.45, 2.75) is 52.0 Å². The van der Waals surface area contributed by atoms with E-state index in [2.05, 4.69) is 25.3 Å². The number of nitrogens with zero attached hydrogens (tertiary/aromatic N) is 2. The second kappa shape index (κ2) is 4.58. The summed E-state index contributed by atoms with van der Waals surface area (Å²) < 4.78 is 15.6. The van der Waals surface area contributed by atoms with Gasteiger partial charge in [-0.15, -0.1) is 0 Å². The molecule has 0 aliphatic heterocycles. The highest BCUT2D eigenvalue weighted by Gasteiger charge is 2.34. The molecule has 1 aromatic heterocycles. The summed E-state index contributed by atoms with van der Waals surface area (Å²) in [7, 11) is 0. The summed E-state index contributed by atoms with van der Waals surface area (Å²) in [5.74, 6) is 2.06. The number of anilines is 1. The van der Waals surface area contributed by atoms with Gasteiger partial charge in [0.2, 0.25) is 0 Å². The summed E-state index contributed by atoms with van der Waals surface area (Å²) in [6.45, 7) is 8.17. The highest BCUT2D eigenvalue weighted by Crippen LogP contribution is 2.44. The van der Waals surface area contributed by atoms with Gasteiger partial charge >= 0.3 is 0 Å². The molecule has 3 nitrogen and oxygen atoms in total. The molecule has 1 fully saturated rings. The average Bonchev–Trinajstić information content (AvgIpc) is 3.15. The van der Waals surface area contributed by atoms with Gasteiger partial charge < -0.3 is 10.3 Å². The van der Waals surface area contributed by atoms with E-state index in [-0.39, 0.29) is 11.4 Å². The van der Waals surface area contributed by atoms with E-state index in [1.54, 1.807) is 13.0 Å². The van der Waals surface area contributed by atoms with Crippen molar-refractivity contribution in [1.29, 1.82) is 0 Å². The maximum Gasteiger partial charge on any atom is 0.132 e. The molecule has 3 rings (SSSR count). The predicted molar refractivity (Wildman–Crippen MR) is 83.7 cm³/mol. The third-order valence-electron chi connectivity index (χ3n) is 3.98. The molecule has 0 saturated heterocycles.